The number of carboxylic acid groups (broad SMARTS) is 1. The number of rotatable bonds is 9. The summed E-state index contributed by atoms with van der Waals surface area (Å²) in [6.45, 7) is 3.02. The second-order valence-electron chi connectivity index (χ2n) is 5.33. The van der Waals surface area contributed by atoms with Crippen LogP contribution in [0.5, 0.6) is 0 Å². The molecule has 0 aliphatic heterocycles. The zero-order chi connectivity index (χ0) is 19.0. The molecule has 5 atom stereocenters. The lowest BCUT2D eigenvalue weighted by Crippen LogP contribution is -2.60. The molecule has 3 amide bonds. The third kappa shape index (κ3) is 6.89. The summed E-state index contributed by atoms with van der Waals surface area (Å²) in [5.74, 6) is -3.85. The van der Waals surface area contributed by atoms with Crippen molar-refractivity contribution in [2.24, 2.45) is 5.73 Å². The second-order valence-corrected chi connectivity index (χ2v) is 5.33. The number of hydrogen-bond donors (Lipinski definition) is 7. The Bertz CT molecular complexity index is 481. The Kier molecular flexibility index (Phi) is 8.89. The number of hydrogen-bond acceptors (Lipinski definition) is 7. The smallest absolute Gasteiger partial charge is 0.325 e. The summed E-state index contributed by atoms with van der Waals surface area (Å²) in [5, 5.41) is 33.9. The van der Waals surface area contributed by atoms with Crippen molar-refractivity contribution >= 4 is 23.7 Å². The van der Waals surface area contributed by atoms with Crippen molar-refractivity contribution in [2.75, 3.05) is 6.61 Å². The molecular weight excluding hydrogens is 324 g/mol. The molecule has 0 aromatic rings. The third-order valence-electron chi connectivity index (χ3n) is 3.02. The topological polar surface area (TPSA) is 191 Å². The number of nitrogens with two attached hydrogens (primary N) is 1. The van der Waals surface area contributed by atoms with Crippen molar-refractivity contribution in [1.29, 1.82) is 0 Å². The van der Waals surface area contributed by atoms with Crippen molar-refractivity contribution in [3.8, 4) is 0 Å². The lowest BCUT2D eigenvalue weighted by atomic mass is 10.1. The number of nitrogens with one attached hydrogen (secondary N) is 3. The molecule has 11 heteroatoms. The van der Waals surface area contributed by atoms with Crippen LogP contribution in [0.3, 0.4) is 0 Å². The first-order valence-corrected chi connectivity index (χ1v) is 7.19. The van der Waals surface area contributed by atoms with Gasteiger partial charge in [-0.1, -0.05) is 0 Å². The van der Waals surface area contributed by atoms with E-state index < -0.39 is 60.6 Å². The van der Waals surface area contributed by atoms with Gasteiger partial charge in [0.1, 0.15) is 18.1 Å². The Morgan fingerprint density at radius 1 is 0.958 bits per heavy atom. The molecule has 5 unspecified atom stereocenters. The van der Waals surface area contributed by atoms with Gasteiger partial charge in [0.05, 0.1) is 18.8 Å². The average Bonchev–Trinajstić information content (AvgIpc) is 2.48. The maximum Gasteiger partial charge on any atom is 0.325 e. The van der Waals surface area contributed by atoms with Crippen molar-refractivity contribution in [1.82, 2.24) is 16.0 Å². The van der Waals surface area contributed by atoms with E-state index >= 15 is 0 Å². The number of carbonyl (C=O) groups is 4. The van der Waals surface area contributed by atoms with Gasteiger partial charge in [-0.2, -0.15) is 0 Å². The lowest BCUT2D eigenvalue weighted by Gasteiger charge is -2.24. The molecule has 0 aliphatic rings. The number of aliphatic hydroxyl groups excluding tert-OH is 2. The first-order chi connectivity index (χ1) is 11.0. The van der Waals surface area contributed by atoms with E-state index in [1.807, 2.05) is 0 Å². The van der Waals surface area contributed by atoms with E-state index in [9.17, 15) is 29.4 Å². The molecule has 0 radical (unpaired) electrons. The van der Waals surface area contributed by atoms with Gasteiger partial charge in [-0.3, -0.25) is 19.2 Å². The summed E-state index contributed by atoms with van der Waals surface area (Å²) in [6, 6.07) is -5.00. The fourth-order valence-corrected chi connectivity index (χ4v) is 1.52. The molecule has 24 heavy (non-hydrogen) atoms. The van der Waals surface area contributed by atoms with E-state index in [-0.39, 0.29) is 0 Å². The fraction of sp³-hybridized carbons (Fsp3) is 0.692. The summed E-state index contributed by atoms with van der Waals surface area (Å²) in [5.41, 5.74) is 5.36. The predicted molar refractivity (Wildman–Crippen MR) is 81.5 cm³/mol. The Balaban J connectivity index is 4.94. The van der Waals surface area contributed by atoms with Crippen LogP contribution in [0.25, 0.3) is 0 Å². The van der Waals surface area contributed by atoms with Crippen molar-refractivity contribution in [2.45, 2.75) is 51.0 Å². The first kappa shape index (κ1) is 21.8. The molecule has 0 fully saturated rings. The molecule has 0 saturated carbocycles. The summed E-state index contributed by atoms with van der Waals surface area (Å²) < 4.78 is 0. The van der Waals surface area contributed by atoms with Crippen molar-refractivity contribution in [3.05, 3.63) is 0 Å². The minimum atomic E-state index is -1.45. The van der Waals surface area contributed by atoms with Crippen LogP contribution in [0.4, 0.5) is 0 Å². The van der Waals surface area contributed by atoms with Gasteiger partial charge in [0.25, 0.3) is 0 Å². The quantitative estimate of drug-likeness (QED) is 0.221. The van der Waals surface area contributed by atoms with Crippen LogP contribution in [0.15, 0.2) is 0 Å². The molecule has 0 bridgehead atoms. The highest BCUT2D eigenvalue weighted by Crippen LogP contribution is 1.97. The molecule has 0 spiro atoms. The monoisotopic (exact) mass is 348 g/mol. The zero-order valence-corrected chi connectivity index (χ0v) is 13.6. The maximum atomic E-state index is 12.1. The van der Waals surface area contributed by atoms with Gasteiger partial charge in [-0.25, -0.2) is 0 Å². The van der Waals surface area contributed by atoms with Crippen LogP contribution < -0.4 is 21.7 Å². The number of carbonyl (C=O) groups excluding carboxylic acids is 3. The molecule has 0 aliphatic carbocycles. The Labute approximate surface area is 138 Å². The fourth-order valence-electron chi connectivity index (χ4n) is 1.52. The van der Waals surface area contributed by atoms with Gasteiger partial charge in [0.2, 0.25) is 17.7 Å². The minimum Gasteiger partial charge on any atom is -0.480 e. The minimum absolute atomic E-state index is 0.694. The first-order valence-electron chi connectivity index (χ1n) is 7.19. The van der Waals surface area contributed by atoms with Crippen LogP contribution in [0, 0.1) is 0 Å². The van der Waals surface area contributed by atoms with Crippen LogP contribution in [0.1, 0.15) is 20.8 Å². The molecule has 0 aromatic carbocycles. The van der Waals surface area contributed by atoms with E-state index in [0.717, 1.165) is 0 Å². The third-order valence-corrected chi connectivity index (χ3v) is 3.02. The van der Waals surface area contributed by atoms with Gasteiger partial charge in [0, 0.05) is 0 Å². The van der Waals surface area contributed by atoms with Crippen LogP contribution >= 0.6 is 0 Å². The molecular formula is C13H24N4O7. The van der Waals surface area contributed by atoms with Crippen LogP contribution in [-0.4, -0.2) is 75.9 Å². The normalized spacial score (nSPS) is 16.9. The van der Waals surface area contributed by atoms with E-state index in [1.54, 1.807) is 0 Å². The van der Waals surface area contributed by atoms with Crippen LogP contribution in [0.2, 0.25) is 0 Å². The standard InChI is InChI=1S/C13H24N4O7/c1-5(14)10(20)17-9(7(3)19)12(22)16-8(4-18)11(21)15-6(2)13(23)24/h5-9,18-19H,4,14H2,1-3H3,(H,15,21)(H,16,22)(H,17,20)(H,23,24). The van der Waals surface area contributed by atoms with Crippen molar-refractivity contribution in [3.63, 3.8) is 0 Å². The number of carboxylic acids is 1. The Morgan fingerprint density at radius 3 is 1.88 bits per heavy atom. The second kappa shape index (κ2) is 9.80. The van der Waals surface area contributed by atoms with E-state index in [0.29, 0.717) is 0 Å². The molecule has 0 saturated heterocycles. The highest BCUT2D eigenvalue weighted by Gasteiger charge is 2.30. The van der Waals surface area contributed by atoms with Gasteiger partial charge in [0.15, 0.2) is 0 Å². The largest absolute Gasteiger partial charge is 0.480 e. The molecule has 0 aromatic heterocycles. The molecule has 8 N–H and O–H groups in total. The van der Waals surface area contributed by atoms with Gasteiger partial charge >= 0.3 is 5.97 Å². The summed E-state index contributed by atoms with van der Waals surface area (Å²) in [6.07, 6.45) is -1.30. The SMILES string of the molecule is CC(N)C(=O)NC(C(=O)NC(CO)C(=O)NC(C)C(=O)O)C(C)O. The highest BCUT2D eigenvalue weighted by molar-refractivity contribution is 5.94. The van der Waals surface area contributed by atoms with Gasteiger partial charge < -0.3 is 37.0 Å². The number of amides is 3. The predicted octanol–water partition coefficient (Wildman–Crippen LogP) is -3.73. The Hall–Kier alpha value is -2.24. The molecule has 138 valence electrons. The van der Waals surface area contributed by atoms with Gasteiger partial charge in [-0.15, -0.1) is 0 Å². The van der Waals surface area contributed by atoms with E-state index in [2.05, 4.69) is 16.0 Å². The van der Waals surface area contributed by atoms with E-state index in [1.165, 1.54) is 20.8 Å². The molecule has 11 nitrogen and oxygen atoms in total. The van der Waals surface area contributed by atoms with Gasteiger partial charge in [-0.05, 0) is 20.8 Å². The Morgan fingerprint density at radius 2 is 1.50 bits per heavy atom. The summed E-state index contributed by atoms with van der Waals surface area (Å²) >= 11 is 0. The summed E-state index contributed by atoms with van der Waals surface area (Å²) in [4.78, 5) is 46.2. The zero-order valence-electron chi connectivity index (χ0n) is 13.6. The molecule has 0 heterocycles. The highest BCUT2D eigenvalue weighted by atomic mass is 16.4. The summed E-state index contributed by atoms with van der Waals surface area (Å²) in [7, 11) is 0. The molecule has 0 rings (SSSR count). The van der Waals surface area contributed by atoms with Crippen LogP contribution in [-0.2, 0) is 19.2 Å². The average molecular weight is 348 g/mol. The number of aliphatic carboxylic acids is 1. The van der Waals surface area contributed by atoms with E-state index in [4.69, 9.17) is 10.8 Å². The maximum absolute atomic E-state index is 12.1. The lowest BCUT2D eigenvalue weighted by molar-refractivity contribution is -0.142. The number of aliphatic hydroxyl groups is 2. The van der Waals surface area contributed by atoms with Crippen molar-refractivity contribution < 1.29 is 34.5 Å².